The number of thiophene rings is 1. The Hall–Kier alpha value is -3.45. The van der Waals surface area contributed by atoms with Crippen LogP contribution in [0.5, 0.6) is 0 Å². The van der Waals surface area contributed by atoms with Crippen LogP contribution in [0.15, 0.2) is 64.9 Å². The minimum atomic E-state index is -0.204. The van der Waals surface area contributed by atoms with Gasteiger partial charge in [-0.15, -0.1) is 11.3 Å². The Balaban J connectivity index is 1.70. The number of fused-ring (bicyclic) bond motifs is 1. The first kappa shape index (κ1) is 21.8. The van der Waals surface area contributed by atoms with Gasteiger partial charge in [-0.3, -0.25) is 14.6 Å². The average Bonchev–Trinajstić information content (AvgIpc) is 3.30. The molecule has 0 aliphatic carbocycles. The van der Waals surface area contributed by atoms with Gasteiger partial charge in [-0.2, -0.15) is 0 Å². The van der Waals surface area contributed by atoms with Gasteiger partial charge in [0.15, 0.2) is 0 Å². The summed E-state index contributed by atoms with van der Waals surface area (Å²) in [4.78, 5) is 32.0. The molecule has 1 N–H and O–H groups in total. The van der Waals surface area contributed by atoms with Crippen molar-refractivity contribution in [3.8, 4) is 11.1 Å². The van der Waals surface area contributed by atoms with Crippen LogP contribution in [0.1, 0.15) is 23.5 Å². The van der Waals surface area contributed by atoms with Crippen molar-refractivity contribution in [3.63, 3.8) is 0 Å². The smallest absolute Gasteiger partial charge is 0.251 e. The molecule has 0 saturated carbocycles. The summed E-state index contributed by atoms with van der Waals surface area (Å²) in [6.07, 6.45) is 1.68. The summed E-state index contributed by atoms with van der Waals surface area (Å²) in [6.45, 7) is 4.16. The van der Waals surface area contributed by atoms with Crippen LogP contribution in [0.3, 0.4) is 0 Å². The summed E-state index contributed by atoms with van der Waals surface area (Å²) in [7, 11) is 3.36. The number of aryl methyl sites for hydroxylation is 1. The molecule has 3 aromatic heterocycles. The van der Waals surface area contributed by atoms with Crippen LogP contribution < -0.4 is 10.9 Å². The van der Waals surface area contributed by atoms with Crippen LogP contribution in [0.25, 0.3) is 22.0 Å². The predicted octanol–water partition coefficient (Wildman–Crippen LogP) is 4.69. The maximum atomic E-state index is 12.6. The highest BCUT2D eigenvalue weighted by Crippen LogP contribution is 2.31. The Morgan fingerprint density at radius 2 is 1.94 bits per heavy atom. The molecular weight excluding hydrogens is 420 g/mol. The fourth-order valence-electron chi connectivity index (χ4n) is 3.60. The zero-order chi connectivity index (χ0) is 22.8. The van der Waals surface area contributed by atoms with E-state index in [4.69, 9.17) is 0 Å². The topological polar surface area (TPSA) is 67.2 Å². The third kappa shape index (κ3) is 4.57. The highest BCUT2D eigenvalue weighted by atomic mass is 32.1. The van der Waals surface area contributed by atoms with Gasteiger partial charge < -0.3 is 14.8 Å². The van der Waals surface area contributed by atoms with E-state index in [1.165, 1.54) is 14.3 Å². The molecule has 1 aromatic carbocycles. The van der Waals surface area contributed by atoms with Crippen molar-refractivity contribution >= 4 is 33.8 Å². The number of amides is 1. The molecule has 0 unspecified atom stereocenters. The molecule has 32 heavy (non-hydrogen) atoms. The second kappa shape index (κ2) is 8.96. The molecule has 1 amide bonds. The number of rotatable bonds is 6. The lowest BCUT2D eigenvalue weighted by molar-refractivity contribution is -0.129. The molecule has 0 saturated heterocycles. The van der Waals surface area contributed by atoms with Crippen molar-refractivity contribution in [2.45, 2.75) is 26.4 Å². The van der Waals surface area contributed by atoms with Crippen LogP contribution in [-0.4, -0.2) is 34.5 Å². The summed E-state index contributed by atoms with van der Waals surface area (Å²) >= 11 is 1.73. The molecule has 0 bridgehead atoms. The van der Waals surface area contributed by atoms with E-state index in [0.717, 1.165) is 33.4 Å². The highest BCUT2D eigenvalue weighted by Gasteiger charge is 2.12. The summed E-state index contributed by atoms with van der Waals surface area (Å²) in [5.74, 6) is -0.123. The number of anilines is 1. The quantitative estimate of drug-likeness (QED) is 0.466. The Morgan fingerprint density at radius 1 is 1.16 bits per heavy atom. The fraction of sp³-hybridized carbons (Fsp3) is 0.240. The SMILES string of the molecule is Cc1cc(N[C@H](C)c2cccs2)c2cc(-c3ccn(CC(=O)N(C)C)c(=O)c3)ccc2n1. The van der Waals surface area contributed by atoms with E-state index in [0.29, 0.717) is 0 Å². The van der Waals surface area contributed by atoms with Gasteiger partial charge in [-0.05, 0) is 60.7 Å². The summed E-state index contributed by atoms with van der Waals surface area (Å²) < 4.78 is 1.42. The minimum absolute atomic E-state index is 0.0295. The molecule has 4 aromatic rings. The number of pyridine rings is 2. The Morgan fingerprint density at radius 3 is 2.62 bits per heavy atom. The largest absolute Gasteiger partial charge is 0.377 e. The number of aromatic nitrogens is 2. The van der Waals surface area contributed by atoms with E-state index in [9.17, 15) is 9.59 Å². The monoisotopic (exact) mass is 446 g/mol. The standard InChI is InChI=1S/C25H26N4O2S/c1-16-12-22(27-17(2)23-6-5-11-32-23)20-13-18(7-8-21(20)26-16)19-9-10-29(24(30)14-19)15-25(31)28(3)4/h5-14,17H,15H2,1-4H3,(H,26,27)/t17-/m1/s1. The van der Waals surface area contributed by atoms with E-state index in [2.05, 4.69) is 46.9 Å². The molecule has 1 atom stereocenters. The number of hydrogen-bond acceptors (Lipinski definition) is 5. The molecule has 0 aliphatic heterocycles. The van der Waals surface area contributed by atoms with Crippen LogP contribution in [0, 0.1) is 6.92 Å². The third-order valence-electron chi connectivity index (χ3n) is 5.41. The number of carbonyl (C=O) groups excluding carboxylic acids is 1. The van der Waals surface area contributed by atoms with Crippen molar-refractivity contribution in [1.82, 2.24) is 14.5 Å². The average molecular weight is 447 g/mol. The maximum Gasteiger partial charge on any atom is 0.251 e. The molecular formula is C25H26N4O2S. The number of nitrogens with zero attached hydrogens (tertiary/aromatic N) is 3. The Bertz CT molecular complexity index is 1330. The molecule has 7 heteroatoms. The molecule has 0 spiro atoms. The van der Waals surface area contributed by atoms with Crippen molar-refractivity contribution in [3.05, 3.63) is 81.0 Å². The van der Waals surface area contributed by atoms with Gasteiger partial charge in [0.25, 0.3) is 5.56 Å². The number of nitrogens with one attached hydrogen (secondary N) is 1. The Kier molecular flexibility index (Phi) is 6.10. The highest BCUT2D eigenvalue weighted by molar-refractivity contribution is 7.10. The van der Waals surface area contributed by atoms with Gasteiger partial charge in [0.05, 0.1) is 11.6 Å². The van der Waals surface area contributed by atoms with E-state index in [-0.39, 0.29) is 24.1 Å². The summed E-state index contributed by atoms with van der Waals surface area (Å²) in [5.41, 5.74) is 4.39. The second-order valence-electron chi connectivity index (χ2n) is 8.09. The first-order valence-electron chi connectivity index (χ1n) is 10.4. The van der Waals surface area contributed by atoms with E-state index in [1.54, 1.807) is 37.7 Å². The zero-order valence-electron chi connectivity index (χ0n) is 18.6. The molecule has 6 nitrogen and oxygen atoms in total. The van der Waals surface area contributed by atoms with Crippen molar-refractivity contribution in [2.24, 2.45) is 0 Å². The van der Waals surface area contributed by atoms with E-state index < -0.39 is 0 Å². The molecule has 0 radical (unpaired) electrons. The third-order valence-corrected chi connectivity index (χ3v) is 6.47. The number of likely N-dealkylation sites (N-methyl/N-ethyl adjacent to an activating group) is 1. The lowest BCUT2D eigenvalue weighted by Crippen LogP contribution is -2.31. The molecule has 3 heterocycles. The van der Waals surface area contributed by atoms with Crippen LogP contribution >= 0.6 is 11.3 Å². The first-order chi connectivity index (χ1) is 15.3. The van der Waals surface area contributed by atoms with Crippen molar-refractivity contribution in [1.29, 1.82) is 0 Å². The Labute approximate surface area is 191 Å². The molecule has 4 rings (SSSR count). The van der Waals surface area contributed by atoms with E-state index in [1.807, 2.05) is 25.1 Å². The lowest BCUT2D eigenvalue weighted by Gasteiger charge is -2.17. The molecule has 164 valence electrons. The van der Waals surface area contributed by atoms with Crippen LogP contribution in [0.2, 0.25) is 0 Å². The zero-order valence-corrected chi connectivity index (χ0v) is 19.4. The summed E-state index contributed by atoms with van der Waals surface area (Å²) in [5, 5.41) is 6.70. The minimum Gasteiger partial charge on any atom is -0.377 e. The van der Waals surface area contributed by atoms with Gasteiger partial charge in [0.1, 0.15) is 6.54 Å². The molecule has 0 aliphatic rings. The maximum absolute atomic E-state index is 12.6. The normalized spacial score (nSPS) is 12.0. The predicted molar refractivity (Wildman–Crippen MR) is 131 cm³/mol. The van der Waals surface area contributed by atoms with Crippen molar-refractivity contribution in [2.75, 3.05) is 19.4 Å². The van der Waals surface area contributed by atoms with Crippen LogP contribution in [-0.2, 0) is 11.3 Å². The second-order valence-corrected chi connectivity index (χ2v) is 9.07. The first-order valence-corrected chi connectivity index (χ1v) is 11.3. The number of benzene rings is 1. The fourth-order valence-corrected chi connectivity index (χ4v) is 4.34. The van der Waals surface area contributed by atoms with Crippen LogP contribution in [0.4, 0.5) is 5.69 Å². The number of carbonyl (C=O) groups is 1. The van der Waals surface area contributed by atoms with Crippen molar-refractivity contribution < 1.29 is 4.79 Å². The van der Waals surface area contributed by atoms with Gasteiger partial charge in [-0.1, -0.05) is 12.1 Å². The van der Waals surface area contributed by atoms with Gasteiger partial charge >= 0.3 is 0 Å². The van der Waals surface area contributed by atoms with Gasteiger partial charge in [0.2, 0.25) is 5.91 Å². The summed E-state index contributed by atoms with van der Waals surface area (Å²) in [6, 6.07) is 15.9. The van der Waals surface area contributed by atoms with E-state index >= 15 is 0 Å². The van der Waals surface area contributed by atoms with Gasteiger partial charge in [-0.25, -0.2) is 0 Å². The van der Waals surface area contributed by atoms with Gasteiger partial charge in [0, 0.05) is 48.0 Å². The molecule has 0 fully saturated rings. The number of hydrogen-bond donors (Lipinski definition) is 1. The lowest BCUT2D eigenvalue weighted by atomic mass is 10.0.